The van der Waals surface area contributed by atoms with E-state index in [1.807, 2.05) is 11.6 Å². The Labute approximate surface area is 117 Å². The first kappa shape index (κ1) is 12.7. The Kier molecular flexibility index (Phi) is 3.55. The molecule has 1 saturated carbocycles. The maximum absolute atomic E-state index is 5.97. The Morgan fingerprint density at radius 1 is 1.21 bits per heavy atom. The van der Waals surface area contributed by atoms with Crippen LogP contribution in [0.4, 0.5) is 5.82 Å². The van der Waals surface area contributed by atoms with Gasteiger partial charge in [0.15, 0.2) is 11.5 Å². The van der Waals surface area contributed by atoms with E-state index in [-0.39, 0.29) is 5.28 Å². The minimum absolute atomic E-state index is 0.252. The van der Waals surface area contributed by atoms with E-state index in [0.717, 1.165) is 11.3 Å². The Morgan fingerprint density at radius 3 is 2.68 bits per heavy atom. The molecule has 1 fully saturated rings. The fourth-order valence-electron chi connectivity index (χ4n) is 2.75. The molecule has 0 unspecified atom stereocenters. The molecule has 0 amide bonds. The van der Waals surface area contributed by atoms with Crippen molar-refractivity contribution in [3.63, 3.8) is 0 Å². The molecule has 5 nitrogen and oxygen atoms in total. The summed E-state index contributed by atoms with van der Waals surface area (Å²) in [7, 11) is 1.95. The highest BCUT2D eigenvalue weighted by molar-refractivity contribution is 6.28. The van der Waals surface area contributed by atoms with Gasteiger partial charge in [-0.3, -0.25) is 0 Å². The summed E-state index contributed by atoms with van der Waals surface area (Å²) in [5.74, 6) is 0.807. The molecular weight excluding hydrogens is 262 g/mol. The van der Waals surface area contributed by atoms with Crippen LogP contribution in [0.5, 0.6) is 0 Å². The summed E-state index contributed by atoms with van der Waals surface area (Å²) in [6.07, 6.45) is 9.37. The van der Waals surface area contributed by atoms with E-state index in [1.54, 1.807) is 6.33 Å². The molecule has 0 radical (unpaired) electrons. The largest absolute Gasteiger partial charge is 0.365 e. The first-order valence-corrected chi connectivity index (χ1v) is 7.23. The van der Waals surface area contributed by atoms with Gasteiger partial charge in [0.05, 0.1) is 6.33 Å². The topological polar surface area (TPSA) is 55.6 Å². The van der Waals surface area contributed by atoms with Gasteiger partial charge in [-0.05, 0) is 24.4 Å². The number of nitrogens with zero attached hydrogens (tertiary/aromatic N) is 4. The maximum Gasteiger partial charge on any atom is 0.226 e. The Bertz CT molecular complexity index is 572. The zero-order valence-corrected chi connectivity index (χ0v) is 11.8. The first-order chi connectivity index (χ1) is 9.24. The molecule has 3 rings (SSSR count). The van der Waals surface area contributed by atoms with Gasteiger partial charge in [0.2, 0.25) is 5.28 Å². The lowest BCUT2D eigenvalue weighted by molar-refractivity contribution is 0.618. The quantitative estimate of drug-likeness (QED) is 0.678. The molecule has 1 aliphatic carbocycles. The fraction of sp³-hybridized carbons (Fsp3) is 0.615. The average Bonchev–Trinajstić information content (AvgIpc) is 2.61. The number of fused-ring (bicyclic) bond motifs is 1. The minimum Gasteiger partial charge on any atom is -0.365 e. The van der Waals surface area contributed by atoms with Crippen LogP contribution in [0.15, 0.2) is 6.33 Å². The molecule has 1 aliphatic rings. The van der Waals surface area contributed by atoms with E-state index in [0.29, 0.717) is 11.7 Å². The molecule has 2 aromatic heterocycles. The van der Waals surface area contributed by atoms with Gasteiger partial charge in [0.1, 0.15) is 5.52 Å². The molecule has 6 heteroatoms. The van der Waals surface area contributed by atoms with Crippen LogP contribution in [-0.4, -0.2) is 25.6 Å². The van der Waals surface area contributed by atoms with E-state index in [9.17, 15) is 0 Å². The van der Waals surface area contributed by atoms with Gasteiger partial charge in [0.25, 0.3) is 0 Å². The average molecular weight is 280 g/mol. The van der Waals surface area contributed by atoms with Crippen LogP contribution in [0, 0.1) is 0 Å². The van der Waals surface area contributed by atoms with Crippen LogP contribution in [0.25, 0.3) is 11.2 Å². The zero-order valence-electron chi connectivity index (χ0n) is 11.1. The second-order valence-corrected chi connectivity index (χ2v) is 5.54. The molecule has 19 heavy (non-hydrogen) atoms. The molecule has 0 bridgehead atoms. The van der Waals surface area contributed by atoms with Crippen molar-refractivity contribution in [1.82, 2.24) is 19.5 Å². The highest BCUT2D eigenvalue weighted by atomic mass is 35.5. The summed E-state index contributed by atoms with van der Waals surface area (Å²) in [4.78, 5) is 12.7. The minimum atomic E-state index is 0.252. The van der Waals surface area contributed by atoms with Gasteiger partial charge in [-0.1, -0.05) is 25.7 Å². The Morgan fingerprint density at radius 2 is 1.95 bits per heavy atom. The van der Waals surface area contributed by atoms with Crippen LogP contribution in [0.3, 0.4) is 0 Å². The zero-order chi connectivity index (χ0) is 13.2. The highest BCUT2D eigenvalue weighted by Crippen LogP contribution is 2.25. The number of hydrogen-bond donors (Lipinski definition) is 1. The number of hydrogen-bond acceptors (Lipinski definition) is 4. The first-order valence-electron chi connectivity index (χ1n) is 6.85. The highest BCUT2D eigenvalue weighted by Gasteiger charge is 2.17. The monoisotopic (exact) mass is 279 g/mol. The second kappa shape index (κ2) is 5.33. The summed E-state index contributed by atoms with van der Waals surface area (Å²) < 4.78 is 1.94. The lowest BCUT2D eigenvalue weighted by atomic mass is 10.1. The van der Waals surface area contributed by atoms with Gasteiger partial charge in [-0.2, -0.15) is 9.97 Å². The summed E-state index contributed by atoms with van der Waals surface area (Å²) in [5, 5.41) is 3.79. The summed E-state index contributed by atoms with van der Waals surface area (Å²) in [6.45, 7) is 0. The van der Waals surface area contributed by atoms with E-state index >= 15 is 0 Å². The fourth-order valence-corrected chi connectivity index (χ4v) is 2.91. The van der Waals surface area contributed by atoms with E-state index in [4.69, 9.17) is 11.6 Å². The van der Waals surface area contributed by atoms with Crippen LogP contribution in [0.2, 0.25) is 5.28 Å². The number of aryl methyl sites for hydroxylation is 1. The molecule has 2 aromatic rings. The Balaban J connectivity index is 1.92. The number of imidazole rings is 1. The standard InChI is InChI=1S/C13H18ClN5/c1-19-8-15-11-10(19)12(18-13(14)17-11)16-9-6-4-2-3-5-7-9/h8-9H,2-7H2,1H3,(H,16,17,18). The van der Waals surface area contributed by atoms with Gasteiger partial charge in [0, 0.05) is 13.1 Å². The van der Waals surface area contributed by atoms with Crippen molar-refractivity contribution in [3.05, 3.63) is 11.6 Å². The molecule has 1 N–H and O–H groups in total. The van der Waals surface area contributed by atoms with E-state index < -0.39 is 0 Å². The van der Waals surface area contributed by atoms with Crippen molar-refractivity contribution in [2.75, 3.05) is 5.32 Å². The second-order valence-electron chi connectivity index (χ2n) is 5.20. The molecule has 2 heterocycles. The molecule has 0 aromatic carbocycles. The summed E-state index contributed by atoms with van der Waals surface area (Å²) in [5.41, 5.74) is 1.58. The van der Waals surface area contributed by atoms with E-state index in [2.05, 4.69) is 20.3 Å². The number of aromatic nitrogens is 4. The molecule has 0 saturated heterocycles. The van der Waals surface area contributed by atoms with Crippen molar-refractivity contribution < 1.29 is 0 Å². The number of halogens is 1. The molecular formula is C13H18ClN5. The van der Waals surface area contributed by atoms with Gasteiger partial charge >= 0.3 is 0 Å². The predicted octanol–water partition coefficient (Wildman–Crippen LogP) is 3.15. The Hall–Kier alpha value is -1.36. The van der Waals surface area contributed by atoms with Crippen molar-refractivity contribution in [1.29, 1.82) is 0 Å². The predicted molar refractivity (Wildman–Crippen MR) is 76.4 cm³/mol. The van der Waals surface area contributed by atoms with E-state index in [1.165, 1.54) is 38.5 Å². The van der Waals surface area contributed by atoms with Crippen LogP contribution < -0.4 is 5.32 Å². The van der Waals surface area contributed by atoms with Crippen molar-refractivity contribution in [2.45, 2.75) is 44.6 Å². The van der Waals surface area contributed by atoms with Crippen molar-refractivity contribution in [2.24, 2.45) is 7.05 Å². The number of anilines is 1. The van der Waals surface area contributed by atoms with Gasteiger partial charge in [-0.15, -0.1) is 0 Å². The molecule has 102 valence electrons. The van der Waals surface area contributed by atoms with Crippen LogP contribution in [-0.2, 0) is 7.05 Å². The smallest absolute Gasteiger partial charge is 0.226 e. The lowest BCUT2D eigenvalue weighted by Crippen LogP contribution is -2.19. The third-order valence-corrected chi connectivity index (χ3v) is 3.91. The van der Waals surface area contributed by atoms with Crippen LogP contribution >= 0.6 is 11.6 Å². The SMILES string of the molecule is Cn1cnc2nc(Cl)nc(NC3CCCCCC3)c21. The maximum atomic E-state index is 5.97. The van der Waals surface area contributed by atoms with Crippen molar-refractivity contribution >= 4 is 28.6 Å². The molecule has 0 atom stereocenters. The third-order valence-electron chi connectivity index (χ3n) is 3.74. The molecule has 0 aliphatic heterocycles. The number of rotatable bonds is 2. The van der Waals surface area contributed by atoms with Gasteiger partial charge in [-0.25, -0.2) is 4.98 Å². The third kappa shape index (κ3) is 2.66. The van der Waals surface area contributed by atoms with Crippen LogP contribution in [0.1, 0.15) is 38.5 Å². The summed E-state index contributed by atoms with van der Waals surface area (Å²) >= 11 is 5.97. The number of nitrogens with one attached hydrogen (secondary N) is 1. The van der Waals surface area contributed by atoms with Gasteiger partial charge < -0.3 is 9.88 Å². The lowest BCUT2D eigenvalue weighted by Gasteiger charge is -2.17. The normalized spacial score (nSPS) is 17.6. The molecule has 0 spiro atoms. The van der Waals surface area contributed by atoms with Crippen molar-refractivity contribution in [3.8, 4) is 0 Å². The summed E-state index contributed by atoms with van der Waals surface area (Å²) in [6, 6.07) is 0.478.